The van der Waals surface area contributed by atoms with E-state index in [0.717, 1.165) is 25.4 Å². The van der Waals surface area contributed by atoms with Crippen LogP contribution < -0.4 is 9.64 Å². The highest BCUT2D eigenvalue weighted by atomic mass is 19.1. The van der Waals surface area contributed by atoms with E-state index < -0.39 is 5.82 Å². The first-order chi connectivity index (χ1) is 15.6. The second-order valence-corrected chi connectivity index (χ2v) is 7.91. The molecule has 0 bridgehead atoms. The smallest absolute Gasteiger partial charge is 0.262 e. The number of hydrogen-bond acceptors (Lipinski definition) is 4. The minimum atomic E-state index is -0.473. The number of nitrogens with zero attached hydrogens (tertiary/aromatic N) is 2. The lowest BCUT2D eigenvalue weighted by Gasteiger charge is -2.26. The van der Waals surface area contributed by atoms with E-state index in [4.69, 9.17) is 4.74 Å². The largest absolute Gasteiger partial charge is 0.508 e. The molecule has 1 N–H and O–H groups in total. The van der Waals surface area contributed by atoms with Crippen LogP contribution >= 0.6 is 0 Å². The highest BCUT2D eigenvalue weighted by Crippen LogP contribution is 2.30. The third-order valence-corrected chi connectivity index (χ3v) is 5.60. The third-order valence-electron chi connectivity index (χ3n) is 5.60. The molecule has 0 unspecified atom stereocenters. The minimum absolute atomic E-state index is 0.101. The second-order valence-electron chi connectivity index (χ2n) is 7.91. The van der Waals surface area contributed by atoms with E-state index in [1.54, 1.807) is 30.3 Å². The number of anilines is 2. The van der Waals surface area contributed by atoms with Crippen LogP contribution in [0.15, 0.2) is 72.8 Å². The van der Waals surface area contributed by atoms with Gasteiger partial charge in [0.15, 0.2) is 0 Å². The number of phenolic OH excluding ortho intramolecular Hbond substituents is 1. The average molecular weight is 435 g/mol. The summed E-state index contributed by atoms with van der Waals surface area (Å²) in [5.41, 5.74) is 1.42. The molecule has 1 fully saturated rings. The van der Waals surface area contributed by atoms with Gasteiger partial charge in [-0.1, -0.05) is 12.5 Å². The number of benzene rings is 3. The maximum absolute atomic E-state index is 13.7. The van der Waals surface area contributed by atoms with Gasteiger partial charge in [-0.25, -0.2) is 4.39 Å². The van der Waals surface area contributed by atoms with Crippen molar-refractivity contribution < 1.29 is 19.0 Å². The lowest BCUT2D eigenvalue weighted by molar-refractivity contribution is 0.0998. The number of phenols is 1. The predicted molar refractivity (Wildman–Crippen MR) is 123 cm³/mol. The fourth-order valence-corrected chi connectivity index (χ4v) is 3.90. The fourth-order valence-electron chi connectivity index (χ4n) is 3.90. The summed E-state index contributed by atoms with van der Waals surface area (Å²) in [4.78, 5) is 17.2. The summed E-state index contributed by atoms with van der Waals surface area (Å²) in [6.45, 7) is 3.78. The molecule has 0 spiro atoms. The Labute approximate surface area is 187 Å². The molecule has 32 heavy (non-hydrogen) atoms. The maximum Gasteiger partial charge on any atom is 0.262 e. The first-order valence-corrected chi connectivity index (χ1v) is 10.9. The van der Waals surface area contributed by atoms with Gasteiger partial charge in [0.2, 0.25) is 0 Å². The second kappa shape index (κ2) is 10.3. The molecule has 0 aromatic heterocycles. The fraction of sp³-hybridized carbons (Fsp3) is 0.269. The first-order valence-electron chi connectivity index (χ1n) is 10.9. The van der Waals surface area contributed by atoms with E-state index in [1.807, 2.05) is 12.1 Å². The molecule has 1 amide bonds. The number of carbonyl (C=O) groups is 1. The van der Waals surface area contributed by atoms with Crippen molar-refractivity contribution in [1.82, 2.24) is 4.90 Å². The van der Waals surface area contributed by atoms with Crippen LogP contribution in [0.5, 0.6) is 11.5 Å². The summed E-state index contributed by atoms with van der Waals surface area (Å²) in [7, 11) is 0. The molecule has 0 radical (unpaired) electrons. The van der Waals surface area contributed by atoms with Crippen LogP contribution in [0.4, 0.5) is 15.8 Å². The van der Waals surface area contributed by atoms with Crippen LogP contribution in [0.2, 0.25) is 0 Å². The van der Waals surface area contributed by atoms with Crippen molar-refractivity contribution in [2.75, 3.05) is 31.1 Å². The van der Waals surface area contributed by atoms with Crippen molar-refractivity contribution >= 4 is 17.3 Å². The Hall–Kier alpha value is -3.38. The van der Waals surface area contributed by atoms with Crippen LogP contribution in [0.3, 0.4) is 0 Å². The number of carbonyl (C=O) groups excluding carboxylic acids is 1. The molecule has 4 rings (SSSR count). The molecule has 1 aliphatic heterocycles. The molecular formula is C26H27FN2O3. The lowest BCUT2D eigenvalue weighted by atomic mass is 10.1. The molecule has 1 saturated heterocycles. The van der Waals surface area contributed by atoms with Gasteiger partial charge in [-0.15, -0.1) is 0 Å². The summed E-state index contributed by atoms with van der Waals surface area (Å²) in [6, 6.07) is 19.2. The van der Waals surface area contributed by atoms with Gasteiger partial charge in [-0.3, -0.25) is 14.6 Å². The number of piperidine rings is 1. The van der Waals surface area contributed by atoms with Crippen LogP contribution in [-0.2, 0) is 0 Å². The van der Waals surface area contributed by atoms with Crippen molar-refractivity contribution in [2.45, 2.75) is 19.3 Å². The van der Waals surface area contributed by atoms with E-state index >= 15 is 0 Å². The number of aromatic hydroxyl groups is 1. The van der Waals surface area contributed by atoms with Gasteiger partial charge in [-0.2, -0.15) is 0 Å². The molecule has 5 nitrogen and oxygen atoms in total. The van der Waals surface area contributed by atoms with E-state index in [1.165, 1.54) is 54.5 Å². The Morgan fingerprint density at radius 1 is 0.938 bits per heavy atom. The Bertz CT molecular complexity index is 1030. The van der Waals surface area contributed by atoms with E-state index in [-0.39, 0.29) is 17.2 Å². The van der Waals surface area contributed by atoms with Gasteiger partial charge >= 0.3 is 0 Å². The minimum Gasteiger partial charge on any atom is -0.508 e. The summed E-state index contributed by atoms with van der Waals surface area (Å²) in [5.74, 6) is -0.00751. The first kappa shape index (κ1) is 21.8. The Morgan fingerprint density at radius 3 is 2.25 bits per heavy atom. The Balaban J connectivity index is 1.51. The summed E-state index contributed by atoms with van der Waals surface area (Å²) in [6.07, 6.45) is 3.81. The molecule has 0 saturated carbocycles. The highest BCUT2D eigenvalue weighted by molar-refractivity contribution is 6.10. The van der Waals surface area contributed by atoms with Gasteiger partial charge in [0.05, 0.1) is 0 Å². The van der Waals surface area contributed by atoms with Crippen molar-refractivity contribution in [3.8, 4) is 11.5 Å². The average Bonchev–Trinajstić information content (AvgIpc) is 2.82. The quantitative estimate of drug-likeness (QED) is 0.543. The van der Waals surface area contributed by atoms with Crippen molar-refractivity contribution in [2.24, 2.45) is 0 Å². The van der Waals surface area contributed by atoms with Crippen molar-refractivity contribution in [1.29, 1.82) is 0 Å². The summed E-state index contributed by atoms with van der Waals surface area (Å²) < 4.78 is 19.6. The number of halogens is 1. The summed E-state index contributed by atoms with van der Waals surface area (Å²) in [5, 5.41) is 9.64. The molecule has 0 aliphatic carbocycles. The van der Waals surface area contributed by atoms with E-state index in [2.05, 4.69) is 4.90 Å². The molecule has 1 heterocycles. The molecule has 6 heteroatoms. The Morgan fingerprint density at radius 2 is 1.59 bits per heavy atom. The molecule has 1 aliphatic rings. The van der Waals surface area contributed by atoms with Crippen LogP contribution in [0, 0.1) is 5.82 Å². The molecular weight excluding hydrogens is 407 g/mol. The van der Waals surface area contributed by atoms with Crippen LogP contribution in [-0.4, -0.2) is 42.2 Å². The highest BCUT2D eigenvalue weighted by Gasteiger charge is 2.20. The SMILES string of the molecule is O=C(c1cccc(F)c1)N(c1ccc(O)cc1)c1ccc(OCCN2CCCCC2)cc1. The van der Waals surface area contributed by atoms with Gasteiger partial charge in [-0.05, 0) is 92.7 Å². The zero-order valence-corrected chi connectivity index (χ0v) is 17.9. The normalized spacial score (nSPS) is 14.2. The monoisotopic (exact) mass is 434 g/mol. The Kier molecular flexibility index (Phi) is 7.02. The zero-order chi connectivity index (χ0) is 22.3. The number of amides is 1. The van der Waals surface area contributed by atoms with Gasteiger partial charge in [0, 0.05) is 23.5 Å². The van der Waals surface area contributed by atoms with Crippen molar-refractivity contribution in [3.63, 3.8) is 0 Å². The number of hydrogen-bond donors (Lipinski definition) is 1. The van der Waals surface area contributed by atoms with Crippen LogP contribution in [0.1, 0.15) is 29.6 Å². The van der Waals surface area contributed by atoms with Crippen molar-refractivity contribution in [3.05, 3.63) is 84.2 Å². The van der Waals surface area contributed by atoms with Gasteiger partial charge < -0.3 is 9.84 Å². The number of likely N-dealkylation sites (tertiary alicyclic amines) is 1. The predicted octanol–water partition coefficient (Wildman–Crippen LogP) is 5.37. The third kappa shape index (κ3) is 5.45. The summed E-state index contributed by atoms with van der Waals surface area (Å²) >= 11 is 0. The number of rotatable bonds is 7. The molecule has 166 valence electrons. The zero-order valence-electron chi connectivity index (χ0n) is 17.9. The van der Waals surface area contributed by atoms with Crippen LogP contribution in [0.25, 0.3) is 0 Å². The standard InChI is InChI=1S/C26H27FN2O3/c27-21-6-4-5-20(19-21)26(31)29(22-7-11-24(30)12-8-22)23-9-13-25(14-10-23)32-18-17-28-15-2-1-3-16-28/h4-14,19,30H,1-3,15-18H2. The lowest BCUT2D eigenvalue weighted by Crippen LogP contribution is -2.33. The maximum atomic E-state index is 13.7. The van der Waals surface area contributed by atoms with E-state index in [9.17, 15) is 14.3 Å². The number of ether oxygens (including phenoxy) is 1. The molecule has 0 atom stereocenters. The van der Waals surface area contributed by atoms with E-state index in [0.29, 0.717) is 18.0 Å². The molecule has 3 aromatic rings. The van der Waals surface area contributed by atoms with Gasteiger partial charge in [0.1, 0.15) is 23.9 Å². The van der Waals surface area contributed by atoms with Gasteiger partial charge in [0.25, 0.3) is 5.91 Å². The topological polar surface area (TPSA) is 53.0 Å². The molecule has 3 aromatic carbocycles.